The second-order valence-corrected chi connectivity index (χ2v) is 4.73. The van der Waals surface area contributed by atoms with Crippen LogP contribution in [-0.4, -0.2) is 17.2 Å². The molecule has 0 amide bonds. The van der Waals surface area contributed by atoms with E-state index in [2.05, 4.69) is 10.2 Å². The van der Waals surface area contributed by atoms with Crippen LogP contribution < -0.4 is 4.90 Å². The molecule has 1 aromatic heterocycles. The van der Waals surface area contributed by atoms with Crippen molar-refractivity contribution in [2.24, 2.45) is 0 Å². The van der Waals surface area contributed by atoms with Gasteiger partial charge in [0.2, 0.25) is 0 Å². The molecule has 118 valence electrons. The second-order valence-electron chi connectivity index (χ2n) is 4.73. The van der Waals surface area contributed by atoms with Crippen molar-refractivity contribution in [2.45, 2.75) is 19.1 Å². The third kappa shape index (κ3) is 3.32. The summed E-state index contributed by atoms with van der Waals surface area (Å²) in [7, 11) is 1.57. The number of rotatable bonds is 3. The minimum atomic E-state index is -4.56. The minimum Gasteiger partial charge on any atom is -0.351 e. The summed E-state index contributed by atoms with van der Waals surface area (Å²) >= 11 is 0. The molecule has 8 heteroatoms. The molecule has 0 saturated heterocycles. The normalized spacial score (nSPS) is 13.0. The van der Waals surface area contributed by atoms with Crippen molar-refractivity contribution in [1.82, 2.24) is 10.2 Å². The van der Waals surface area contributed by atoms with Crippen molar-refractivity contribution in [2.75, 3.05) is 11.9 Å². The van der Waals surface area contributed by atoms with E-state index in [9.17, 15) is 22.0 Å². The quantitative estimate of drug-likeness (QED) is 0.802. The highest BCUT2D eigenvalue weighted by atomic mass is 19.4. The van der Waals surface area contributed by atoms with Gasteiger partial charge in [0.1, 0.15) is 0 Å². The van der Waals surface area contributed by atoms with E-state index in [4.69, 9.17) is 0 Å². The molecule has 0 radical (unpaired) electrons. The zero-order valence-corrected chi connectivity index (χ0v) is 11.7. The van der Waals surface area contributed by atoms with Crippen molar-refractivity contribution < 1.29 is 22.0 Å². The summed E-state index contributed by atoms with van der Waals surface area (Å²) in [5.74, 6) is -1.77. The summed E-state index contributed by atoms with van der Waals surface area (Å²) in [6.07, 6.45) is -4.56. The summed E-state index contributed by atoms with van der Waals surface area (Å²) in [6.45, 7) is 1.69. The summed E-state index contributed by atoms with van der Waals surface area (Å²) in [5.41, 5.74) is -0.631. The number of halogens is 5. The van der Waals surface area contributed by atoms with Gasteiger partial charge in [-0.3, -0.25) is 0 Å². The highest BCUT2D eigenvalue weighted by Crippen LogP contribution is 2.29. The third-order valence-corrected chi connectivity index (χ3v) is 3.31. The molecule has 0 aliphatic rings. The number of hydrogen-bond acceptors (Lipinski definition) is 3. The molecule has 0 saturated carbocycles. The van der Waals surface area contributed by atoms with Crippen LogP contribution in [0.25, 0.3) is 0 Å². The van der Waals surface area contributed by atoms with Crippen LogP contribution in [0.15, 0.2) is 30.3 Å². The van der Waals surface area contributed by atoms with Gasteiger partial charge in [0.15, 0.2) is 23.1 Å². The molecule has 0 N–H and O–H groups in total. The largest absolute Gasteiger partial charge is 0.435 e. The molecular formula is C14H12F5N3. The Morgan fingerprint density at radius 1 is 1.00 bits per heavy atom. The lowest BCUT2D eigenvalue weighted by molar-refractivity contribution is -0.141. The van der Waals surface area contributed by atoms with Crippen LogP contribution in [-0.2, 0) is 6.18 Å². The van der Waals surface area contributed by atoms with E-state index >= 15 is 0 Å². The molecule has 1 heterocycles. The Labute approximate surface area is 123 Å². The van der Waals surface area contributed by atoms with E-state index in [0.29, 0.717) is 5.56 Å². The molecule has 3 nitrogen and oxygen atoms in total. The van der Waals surface area contributed by atoms with Crippen molar-refractivity contribution >= 4 is 5.82 Å². The van der Waals surface area contributed by atoms with Gasteiger partial charge < -0.3 is 4.90 Å². The van der Waals surface area contributed by atoms with E-state index in [1.165, 1.54) is 17.0 Å². The first-order valence-electron chi connectivity index (χ1n) is 6.29. The van der Waals surface area contributed by atoms with Gasteiger partial charge in [0.25, 0.3) is 0 Å². The molecule has 0 aliphatic heterocycles. The summed E-state index contributed by atoms with van der Waals surface area (Å²) in [4.78, 5) is 1.51. The van der Waals surface area contributed by atoms with Crippen LogP contribution in [0.1, 0.15) is 24.2 Å². The minimum absolute atomic E-state index is 0.185. The predicted octanol–water partition coefficient (Wildman–Crippen LogP) is 3.97. The molecule has 2 aromatic rings. The molecule has 0 spiro atoms. The Morgan fingerprint density at radius 2 is 1.68 bits per heavy atom. The lowest BCUT2D eigenvalue weighted by Gasteiger charge is -2.26. The standard InChI is InChI=1S/C14H12F5N3/c1-8(9-3-4-10(15)11(16)7-9)22(2)13-6-5-12(20-21-13)14(17,18)19/h3-8H,1-2H3. The number of aromatic nitrogens is 2. The molecule has 0 aliphatic carbocycles. The maximum absolute atomic E-state index is 13.2. The van der Waals surface area contributed by atoms with Gasteiger partial charge in [-0.05, 0) is 36.8 Å². The van der Waals surface area contributed by atoms with Crippen LogP contribution in [0.4, 0.5) is 27.8 Å². The first-order chi connectivity index (χ1) is 10.2. The van der Waals surface area contributed by atoms with Crippen LogP contribution in [0.2, 0.25) is 0 Å². The Hall–Kier alpha value is -2.25. The fourth-order valence-corrected chi connectivity index (χ4v) is 1.86. The predicted molar refractivity (Wildman–Crippen MR) is 70.2 cm³/mol. The fourth-order valence-electron chi connectivity index (χ4n) is 1.86. The van der Waals surface area contributed by atoms with Crippen molar-refractivity contribution in [3.8, 4) is 0 Å². The molecule has 1 unspecified atom stereocenters. The third-order valence-electron chi connectivity index (χ3n) is 3.31. The zero-order valence-electron chi connectivity index (χ0n) is 11.7. The molecule has 2 rings (SSSR count). The lowest BCUT2D eigenvalue weighted by atomic mass is 10.1. The first-order valence-corrected chi connectivity index (χ1v) is 6.29. The fraction of sp³-hybridized carbons (Fsp3) is 0.286. The van der Waals surface area contributed by atoms with Gasteiger partial charge in [-0.25, -0.2) is 8.78 Å². The van der Waals surface area contributed by atoms with E-state index in [1.807, 2.05) is 0 Å². The van der Waals surface area contributed by atoms with Crippen LogP contribution in [0, 0.1) is 11.6 Å². The van der Waals surface area contributed by atoms with Crippen LogP contribution in [0.3, 0.4) is 0 Å². The Morgan fingerprint density at radius 3 is 2.18 bits per heavy atom. The van der Waals surface area contributed by atoms with E-state index in [1.54, 1.807) is 14.0 Å². The monoisotopic (exact) mass is 317 g/mol. The SMILES string of the molecule is CC(c1ccc(F)c(F)c1)N(C)c1ccc(C(F)(F)F)nn1. The van der Waals surface area contributed by atoms with E-state index < -0.39 is 29.5 Å². The van der Waals surface area contributed by atoms with Crippen LogP contribution >= 0.6 is 0 Å². The number of alkyl halides is 3. The van der Waals surface area contributed by atoms with Crippen molar-refractivity contribution in [3.63, 3.8) is 0 Å². The smallest absolute Gasteiger partial charge is 0.351 e. The molecule has 1 atom stereocenters. The van der Waals surface area contributed by atoms with Gasteiger partial charge in [-0.2, -0.15) is 13.2 Å². The van der Waals surface area contributed by atoms with Crippen LogP contribution in [0.5, 0.6) is 0 Å². The molecule has 22 heavy (non-hydrogen) atoms. The number of nitrogens with zero attached hydrogens (tertiary/aromatic N) is 3. The highest BCUT2D eigenvalue weighted by molar-refractivity contribution is 5.40. The molecule has 0 fully saturated rings. The molecule has 1 aromatic carbocycles. The summed E-state index contributed by atoms with van der Waals surface area (Å²) in [6, 6.07) is 4.99. The van der Waals surface area contributed by atoms with E-state index in [-0.39, 0.29) is 5.82 Å². The topological polar surface area (TPSA) is 29.0 Å². The Bertz CT molecular complexity index is 655. The van der Waals surface area contributed by atoms with E-state index in [0.717, 1.165) is 18.2 Å². The van der Waals surface area contributed by atoms with Gasteiger partial charge in [-0.1, -0.05) is 6.07 Å². The van der Waals surface area contributed by atoms with Gasteiger partial charge in [0.05, 0.1) is 6.04 Å². The molecule has 0 bridgehead atoms. The van der Waals surface area contributed by atoms with Crippen molar-refractivity contribution in [3.05, 3.63) is 53.2 Å². The molecular weight excluding hydrogens is 305 g/mol. The zero-order chi connectivity index (χ0) is 16.5. The second kappa shape index (κ2) is 5.86. The first kappa shape index (κ1) is 16.1. The maximum Gasteiger partial charge on any atom is 0.435 e. The average molecular weight is 317 g/mol. The lowest BCUT2D eigenvalue weighted by Crippen LogP contribution is -2.23. The Balaban J connectivity index is 2.23. The van der Waals surface area contributed by atoms with Gasteiger partial charge in [0, 0.05) is 7.05 Å². The number of benzene rings is 1. The summed E-state index contributed by atoms with van der Waals surface area (Å²) in [5, 5.41) is 6.65. The van der Waals surface area contributed by atoms with Crippen molar-refractivity contribution in [1.29, 1.82) is 0 Å². The number of hydrogen-bond donors (Lipinski definition) is 0. The Kier molecular flexibility index (Phi) is 4.30. The maximum atomic E-state index is 13.2. The highest BCUT2D eigenvalue weighted by Gasteiger charge is 2.33. The number of anilines is 1. The van der Waals surface area contributed by atoms with Gasteiger partial charge >= 0.3 is 6.18 Å². The van der Waals surface area contributed by atoms with Gasteiger partial charge in [-0.15, -0.1) is 10.2 Å². The summed E-state index contributed by atoms with van der Waals surface area (Å²) < 4.78 is 63.5. The average Bonchev–Trinajstić information content (AvgIpc) is 2.48.